The minimum atomic E-state index is -1.50. The summed E-state index contributed by atoms with van der Waals surface area (Å²) in [6, 6.07) is -0.353. The maximum Gasteiger partial charge on any atom is 0.337 e. The Hall–Kier alpha value is -2.62. The third kappa shape index (κ3) is 3.67. The lowest BCUT2D eigenvalue weighted by Crippen LogP contribution is -2.35. The second kappa shape index (κ2) is 5.82. The molecule has 5 nitrogen and oxygen atoms in total. The number of anilines is 1. The van der Waals surface area contributed by atoms with Gasteiger partial charge in [0.25, 0.3) is 0 Å². The largest absolute Gasteiger partial charge is 0.478 e. The van der Waals surface area contributed by atoms with Crippen molar-refractivity contribution in [1.82, 2.24) is 5.32 Å². The van der Waals surface area contributed by atoms with Gasteiger partial charge in [0.05, 0.1) is 17.3 Å². The zero-order chi connectivity index (χ0) is 14.6. The van der Waals surface area contributed by atoms with Crippen LogP contribution in [0.4, 0.5) is 19.3 Å². The molecule has 0 aliphatic rings. The van der Waals surface area contributed by atoms with Crippen LogP contribution in [-0.2, 0) is 0 Å². The van der Waals surface area contributed by atoms with Crippen LogP contribution in [0.25, 0.3) is 0 Å². The summed E-state index contributed by atoms with van der Waals surface area (Å²) in [5.41, 5.74) is -0.935. The Balaban J connectivity index is 3.01. The molecule has 0 aliphatic carbocycles. The van der Waals surface area contributed by atoms with E-state index < -0.39 is 35.2 Å². The average Bonchev–Trinajstić information content (AvgIpc) is 2.32. The number of hydrogen-bond donors (Lipinski definition) is 3. The summed E-state index contributed by atoms with van der Waals surface area (Å²) in [4.78, 5) is 22.3. The number of rotatable bonds is 3. The van der Waals surface area contributed by atoms with Crippen molar-refractivity contribution in [3.63, 3.8) is 0 Å². The third-order valence-corrected chi connectivity index (χ3v) is 2.14. The van der Waals surface area contributed by atoms with E-state index in [1.165, 1.54) is 6.92 Å². The first-order valence-electron chi connectivity index (χ1n) is 5.11. The molecule has 0 saturated heterocycles. The number of aromatic carboxylic acids is 1. The van der Waals surface area contributed by atoms with Gasteiger partial charge in [-0.3, -0.25) is 0 Å². The van der Waals surface area contributed by atoms with Gasteiger partial charge in [-0.15, -0.1) is 6.42 Å². The lowest BCUT2D eigenvalue weighted by molar-refractivity contribution is 0.0697. The van der Waals surface area contributed by atoms with Gasteiger partial charge in [0, 0.05) is 6.07 Å². The molecule has 0 saturated carbocycles. The number of benzene rings is 1. The maximum atomic E-state index is 13.0. The van der Waals surface area contributed by atoms with Crippen LogP contribution in [-0.4, -0.2) is 23.1 Å². The van der Waals surface area contributed by atoms with Crippen LogP contribution >= 0.6 is 0 Å². The summed E-state index contributed by atoms with van der Waals surface area (Å²) >= 11 is 0. The van der Waals surface area contributed by atoms with E-state index in [0.29, 0.717) is 12.1 Å². The quantitative estimate of drug-likeness (QED) is 0.731. The van der Waals surface area contributed by atoms with Crippen molar-refractivity contribution in [1.29, 1.82) is 0 Å². The van der Waals surface area contributed by atoms with Crippen molar-refractivity contribution in [2.24, 2.45) is 0 Å². The van der Waals surface area contributed by atoms with Crippen LogP contribution in [0, 0.1) is 24.0 Å². The molecule has 0 aromatic heterocycles. The van der Waals surface area contributed by atoms with E-state index >= 15 is 0 Å². The number of halogens is 2. The topological polar surface area (TPSA) is 78.4 Å². The third-order valence-electron chi connectivity index (χ3n) is 2.14. The first-order chi connectivity index (χ1) is 8.85. The Bertz CT molecular complexity index is 567. The molecule has 0 aliphatic heterocycles. The molecule has 0 bridgehead atoms. The molecular formula is C12H10F2N2O3. The highest BCUT2D eigenvalue weighted by Crippen LogP contribution is 2.20. The van der Waals surface area contributed by atoms with Crippen LogP contribution in [0.1, 0.15) is 17.3 Å². The standard InChI is InChI=1S/C12H10F2N2O3/c1-3-6(2)15-12(19)16-10-5-9(14)8(13)4-7(10)11(17)18/h1,4-6H,2H3,(H,17,18)(H2,15,16,19). The summed E-state index contributed by atoms with van der Waals surface area (Å²) < 4.78 is 26.0. The second-order valence-corrected chi connectivity index (χ2v) is 3.60. The number of carboxylic acids is 1. The predicted molar refractivity (Wildman–Crippen MR) is 63.8 cm³/mol. The minimum absolute atomic E-state index is 0.367. The zero-order valence-electron chi connectivity index (χ0n) is 9.83. The van der Waals surface area contributed by atoms with Crippen molar-refractivity contribution in [3.05, 3.63) is 29.3 Å². The molecule has 1 aromatic rings. The molecule has 3 N–H and O–H groups in total. The molecule has 0 radical (unpaired) electrons. The number of hydrogen-bond acceptors (Lipinski definition) is 2. The molecule has 0 spiro atoms. The molecule has 100 valence electrons. The average molecular weight is 268 g/mol. The Morgan fingerprint density at radius 1 is 1.37 bits per heavy atom. The summed E-state index contributed by atoms with van der Waals surface area (Å²) in [6.07, 6.45) is 5.04. The van der Waals surface area contributed by atoms with Gasteiger partial charge < -0.3 is 15.7 Å². The maximum absolute atomic E-state index is 13.0. The zero-order valence-corrected chi connectivity index (χ0v) is 9.83. The second-order valence-electron chi connectivity index (χ2n) is 3.60. The number of terminal acetylenes is 1. The number of amides is 2. The monoisotopic (exact) mass is 268 g/mol. The van der Waals surface area contributed by atoms with Crippen molar-refractivity contribution in [2.45, 2.75) is 13.0 Å². The molecule has 1 aromatic carbocycles. The van der Waals surface area contributed by atoms with Gasteiger partial charge in [-0.05, 0) is 13.0 Å². The van der Waals surface area contributed by atoms with Gasteiger partial charge in [-0.2, -0.15) is 0 Å². The van der Waals surface area contributed by atoms with Gasteiger partial charge >= 0.3 is 12.0 Å². The lowest BCUT2D eigenvalue weighted by atomic mass is 10.1. The lowest BCUT2D eigenvalue weighted by Gasteiger charge is -2.11. The highest BCUT2D eigenvalue weighted by Gasteiger charge is 2.17. The SMILES string of the molecule is C#CC(C)NC(=O)Nc1cc(F)c(F)cc1C(=O)O. The molecule has 1 rings (SSSR count). The van der Waals surface area contributed by atoms with Crippen molar-refractivity contribution < 1.29 is 23.5 Å². The first-order valence-corrected chi connectivity index (χ1v) is 5.11. The van der Waals surface area contributed by atoms with Crippen LogP contribution in [0.15, 0.2) is 12.1 Å². The van der Waals surface area contributed by atoms with Crippen LogP contribution in [0.5, 0.6) is 0 Å². The number of carboxylic acid groups (broad SMARTS) is 1. The normalized spacial score (nSPS) is 11.3. The minimum Gasteiger partial charge on any atom is -0.478 e. The number of urea groups is 1. The van der Waals surface area contributed by atoms with Crippen LogP contribution in [0.3, 0.4) is 0 Å². The fourth-order valence-corrected chi connectivity index (χ4v) is 1.22. The summed E-state index contributed by atoms with van der Waals surface area (Å²) in [5, 5.41) is 13.2. The van der Waals surface area contributed by atoms with E-state index in [-0.39, 0.29) is 5.69 Å². The van der Waals surface area contributed by atoms with Gasteiger partial charge in [0.1, 0.15) is 0 Å². The Morgan fingerprint density at radius 2 is 1.95 bits per heavy atom. The molecule has 19 heavy (non-hydrogen) atoms. The highest BCUT2D eigenvalue weighted by molar-refractivity contribution is 6.00. The van der Waals surface area contributed by atoms with Crippen LogP contribution in [0.2, 0.25) is 0 Å². The molecule has 7 heteroatoms. The number of carbonyl (C=O) groups is 2. The van der Waals surface area contributed by atoms with Crippen molar-refractivity contribution >= 4 is 17.7 Å². The fraction of sp³-hybridized carbons (Fsp3) is 0.167. The van der Waals surface area contributed by atoms with Gasteiger partial charge in [0.2, 0.25) is 0 Å². The van der Waals surface area contributed by atoms with E-state index in [9.17, 15) is 18.4 Å². The van der Waals surface area contributed by atoms with Crippen molar-refractivity contribution in [2.75, 3.05) is 5.32 Å². The Labute approximate surface area is 107 Å². The molecule has 0 heterocycles. The summed E-state index contributed by atoms with van der Waals surface area (Å²) in [6.45, 7) is 1.52. The van der Waals surface area contributed by atoms with Crippen molar-refractivity contribution in [3.8, 4) is 12.3 Å². The molecule has 1 atom stereocenters. The van der Waals surface area contributed by atoms with Gasteiger partial charge in [-0.1, -0.05) is 5.92 Å². The summed E-state index contributed by atoms with van der Waals surface area (Å²) in [5.74, 6) is -1.88. The molecule has 2 amide bonds. The number of nitrogens with one attached hydrogen (secondary N) is 2. The highest BCUT2D eigenvalue weighted by atomic mass is 19.2. The van der Waals surface area contributed by atoms with E-state index in [2.05, 4.69) is 16.6 Å². The van der Waals surface area contributed by atoms with Gasteiger partial charge in [-0.25, -0.2) is 18.4 Å². The molecule has 0 fully saturated rings. The van der Waals surface area contributed by atoms with E-state index in [1.54, 1.807) is 0 Å². The predicted octanol–water partition coefficient (Wildman–Crippen LogP) is 1.81. The van der Waals surface area contributed by atoms with E-state index in [4.69, 9.17) is 11.5 Å². The van der Waals surface area contributed by atoms with Crippen LogP contribution < -0.4 is 10.6 Å². The van der Waals surface area contributed by atoms with E-state index in [0.717, 1.165) is 0 Å². The molecular weight excluding hydrogens is 258 g/mol. The fourth-order valence-electron chi connectivity index (χ4n) is 1.22. The number of carbonyl (C=O) groups excluding carboxylic acids is 1. The smallest absolute Gasteiger partial charge is 0.337 e. The Kier molecular flexibility index (Phi) is 4.42. The summed E-state index contributed by atoms with van der Waals surface area (Å²) in [7, 11) is 0. The Morgan fingerprint density at radius 3 is 2.47 bits per heavy atom. The first kappa shape index (κ1) is 14.4. The van der Waals surface area contributed by atoms with Gasteiger partial charge in [0.15, 0.2) is 11.6 Å². The van der Waals surface area contributed by atoms with E-state index in [1.807, 2.05) is 0 Å². The molecule has 1 unspecified atom stereocenters.